The number of hydrogen-bond donors (Lipinski definition) is 0. The summed E-state index contributed by atoms with van der Waals surface area (Å²) in [7, 11) is 0. The summed E-state index contributed by atoms with van der Waals surface area (Å²) in [5.74, 6) is 1.84. The Hall–Kier alpha value is -1.32. The van der Waals surface area contributed by atoms with Crippen molar-refractivity contribution in [3.05, 3.63) is 11.3 Å². The molecule has 2 aliphatic heterocycles. The van der Waals surface area contributed by atoms with Crippen molar-refractivity contribution in [1.82, 2.24) is 9.80 Å². The maximum absolute atomic E-state index is 12.6. The Balaban J connectivity index is 1.99. The fraction of sp³-hybridized carbons (Fsp3) is 0.800. The molecule has 0 spiro atoms. The Morgan fingerprint density at radius 2 is 1.67 bits per heavy atom. The smallest absolute Gasteiger partial charge is 0.226 e. The highest BCUT2D eigenvalue weighted by Gasteiger charge is 2.42. The third-order valence-corrected chi connectivity index (χ3v) is 5.28. The van der Waals surface area contributed by atoms with E-state index in [1.807, 2.05) is 0 Å². The number of nitrogens with zero attached hydrogens (tertiary/aromatic N) is 3. The molecule has 2 fully saturated rings. The number of rotatable bonds is 1. The molecule has 1 atom stereocenters. The van der Waals surface area contributed by atoms with Crippen LogP contribution in [-0.2, 0) is 4.79 Å². The number of amidine groups is 1. The highest BCUT2D eigenvalue weighted by Crippen LogP contribution is 2.41. The van der Waals surface area contributed by atoms with Gasteiger partial charge in [-0.2, -0.15) is 0 Å². The third-order valence-electron chi connectivity index (χ3n) is 5.28. The zero-order chi connectivity index (χ0) is 17.9. The molecule has 0 aromatic rings. The summed E-state index contributed by atoms with van der Waals surface area (Å²) in [5.41, 5.74) is 2.80. The van der Waals surface area contributed by atoms with Crippen molar-refractivity contribution in [2.75, 3.05) is 19.6 Å². The van der Waals surface area contributed by atoms with E-state index in [4.69, 9.17) is 4.99 Å². The molecule has 0 radical (unpaired) electrons. The maximum atomic E-state index is 12.6. The van der Waals surface area contributed by atoms with Crippen molar-refractivity contribution in [2.45, 2.75) is 67.3 Å². The highest BCUT2D eigenvalue weighted by atomic mass is 16.2. The lowest BCUT2D eigenvalue weighted by Gasteiger charge is -2.48. The van der Waals surface area contributed by atoms with Crippen LogP contribution in [0, 0.1) is 16.7 Å². The van der Waals surface area contributed by atoms with Crippen LogP contribution in [0.5, 0.6) is 0 Å². The molecule has 1 aliphatic carbocycles. The minimum atomic E-state index is 0.0194. The Morgan fingerprint density at radius 3 is 2.17 bits per heavy atom. The van der Waals surface area contributed by atoms with Crippen LogP contribution in [0.3, 0.4) is 0 Å². The first kappa shape index (κ1) is 17.5. The second-order valence-corrected chi connectivity index (χ2v) is 9.67. The minimum Gasteiger partial charge on any atom is -0.335 e. The molecule has 134 valence electrons. The van der Waals surface area contributed by atoms with Gasteiger partial charge in [0.25, 0.3) is 0 Å². The third kappa shape index (κ3) is 3.12. The topological polar surface area (TPSA) is 35.9 Å². The summed E-state index contributed by atoms with van der Waals surface area (Å²) in [4.78, 5) is 22.2. The van der Waals surface area contributed by atoms with Crippen molar-refractivity contribution in [1.29, 1.82) is 0 Å². The lowest BCUT2D eigenvalue weighted by atomic mass is 9.78. The predicted octanol–water partition coefficient (Wildman–Crippen LogP) is 3.69. The van der Waals surface area contributed by atoms with Gasteiger partial charge in [-0.3, -0.25) is 9.79 Å². The lowest BCUT2D eigenvalue weighted by molar-refractivity contribution is -0.133. The summed E-state index contributed by atoms with van der Waals surface area (Å²) in [6, 6.07) is 0.182. The van der Waals surface area contributed by atoms with E-state index >= 15 is 0 Å². The summed E-state index contributed by atoms with van der Waals surface area (Å²) in [6.45, 7) is 18.2. The summed E-state index contributed by atoms with van der Waals surface area (Å²) in [6.07, 6.45) is 2.16. The van der Waals surface area contributed by atoms with Gasteiger partial charge >= 0.3 is 0 Å². The van der Waals surface area contributed by atoms with E-state index in [1.165, 1.54) is 17.1 Å². The average molecular weight is 332 g/mol. The number of carbonyl (C=O) groups is 1. The molecule has 24 heavy (non-hydrogen) atoms. The lowest BCUT2D eigenvalue weighted by Crippen LogP contribution is -2.55. The fourth-order valence-electron chi connectivity index (χ4n) is 4.16. The molecule has 0 aromatic heterocycles. The van der Waals surface area contributed by atoms with E-state index in [1.54, 1.807) is 0 Å². The van der Waals surface area contributed by atoms with Gasteiger partial charge in [0.05, 0.1) is 12.6 Å². The van der Waals surface area contributed by atoms with Crippen LogP contribution in [0.15, 0.2) is 16.3 Å². The van der Waals surface area contributed by atoms with Crippen LogP contribution in [0.1, 0.15) is 61.3 Å². The second-order valence-electron chi connectivity index (χ2n) is 9.67. The van der Waals surface area contributed by atoms with Crippen LogP contribution in [0.4, 0.5) is 0 Å². The average Bonchev–Trinajstić information content (AvgIpc) is 3.26. The summed E-state index contributed by atoms with van der Waals surface area (Å²) >= 11 is 0. The van der Waals surface area contributed by atoms with Crippen molar-refractivity contribution in [3.8, 4) is 0 Å². The maximum Gasteiger partial charge on any atom is 0.226 e. The fourth-order valence-corrected chi connectivity index (χ4v) is 4.16. The molecule has 4 heteroatoms. The number of piperazine rings is 1. The summed E-state index contributed by atoms with van der Waals surface area (Å²) < 4.78 is 0. The van der Waals surface area contributed by atoms with Gasteiger partial charge in [0.1, 0.15) is 5.84 Å². The van der Waals surface area contributed by atoms with Gasteiger partial charge in [-0.15, -0.1) is 0 Å². The van der Waals surface area contributed by atoms with Gasteiger partial charge in [0, 0.05) is 30.1 Å². The number of hydrogen-bond acceptors (Lipinski definition) is 3. The van der Waals surface area contributed by atoms with Crippen LogP contribution >= 0.6 is 0 Å². The first-order valence-electron chi connectivity index (χ1n) is 9.38. The SMILES string of the molecule is C[C@@H]1N=C(C(C)(C)C)N2CCN(C(=O)C3CC3)CC2=C1C(C)(C)C. The Morgan fingerprint density at radius 1 is 1.04 bits per heavy atom. The normalized spacial score (nSPS) is 25.6. The molecule has 3 rings (SSSR count). The van der Waals surface area contributed by atoms with Crippen LogP contribution in [0.2, 0.25) is 0 Å². The zero-order valence-electron chi connectivity index (χ0n) is 16.4. The largest absolute Gasteiger partial charge is 0.335 e. The van der Waals surface area contributed by atoms with E-state index in [0.29, 0.717) is 11.8 Å². The molecule has 0 bridgehead atoms. The van der Waals surface area contributed by atoms with Gasteiger partial charge < -0.3 is 9.80 Å². The number of carbonyl (C=O) groups excluding carboxylic acids is 1. The molecular weight excluding hydrogens is 298 g/mol. The van der Waals surface area contributed by atoms with E-state index in [0.717, 1.165) is 32.5 Å². The van der Waals surface area contributed by atoms with Crippen molar-refractivity contribution < 1.29 is 4.79 Å². The quantitative estimate of drug-likeness (QED) is 0.735. The molecule has 0 N–H and O–H groups in total. The van der Waals surface area contributed by atoms with Crippen LogP contribution in [-0.4, -0.2) is 47.2 Å². The minimum absolute atomic E-state index is 0.0194. The van der Waals surface area contributed by atoms with Crippen molar-refractivity contribution in [3.63, 3.8) is 0 Å². The molecule has 0 unspecified atom stereocenters. The van der Waals surface area contributed by atoms with Crippen LogP contribution in [0.25, 0.3) is 0 Å². The van der Waals surface area contributed by atoms with Crippen LogP contribution < -0.4 is 0 Å². The molecule has 3 aliphatic rings. The predicted molar refractivity (Wildman–Crippen MR) is 98.8 cm³/mol. The number of amides is 1. The summed E-state index contributed by atoms with van der Waals surface area (Å²) in [5, 5.41) is 0. The Labute approximate surface area is 147 Å². The zero-order valence-corrected chi connectivity index (χ0v) is 16.4. The molecular formula is C20H33N3O. The van der Waals surface area contributed by atoms with Crippen molar-refractivity contribution >= 4 is 11.7 Å². The van der Waals surface area contributed by atoms with E-state index in [-0.39, 0.29) is 16.9 Å². The first-order chi connectivity index (χ1) is 11.0. The van der Waals surface area contributed by atoms with Gasteiger partial charge in [0.2, 0.25) is 5.91 Å². The van der Waals surface area contributed by atoms with Gasteiger partial charge in [0.15, 0.2) is 0 Å². The highest BCUT2D eigenvalue weighted by molar-refractivity contribution is 5.91. The molecule has 1 saturated carbocycles. The molecule has 2 heterocycles. The van der Waals surface area contributed by atoms with Gasteiger partial charge in [-0.05, 0) is 30.8 Å². The number of aliphatic imine (C=N–C) groups is 1. The number of fused-ring (bicyclic) bond motifs is 1. The first-order valence-corrected chi connectivity index (χ1v) is 9.38. The Kier molecular flexibility index (Phi) is 4.09. The molecule has 0 aromatic carbocycles. The Bertz CT molecular complexity index is 599. The van der Waals surface area contributed by atoms with E-state index in [2.05, 4.69) is 58.3 Å². The van der Waals surface area contributed by atoms with Crippen molar-refractivity contribution in [2.24, 2.45) is 21.7 Å². The molecule has 1 amide bonds. The second kappa shape index (κ2) is 5.60. The molecule has 4 nitrogen and oxygen atoms in total. The van der Waals surface area contributed by atoms with Gasteiger partial charge in [-0.1, -0.05) is 41.5 Å². The van der Waals surface area contributed by atoms with Gasteiger partial charge in [-0.25, -0.2) is 0 Å². The monoisotopic (exact) mass is 331 g/mol. The molecule has 1 saturated heterocycles. The van der Waals surface area contributed by atoms with E-state index < -0.39 is 0 Å². The van der Waals surface area contributed by atoms with E-state index in [9.17, 15) is 4.79 Å². The standard InChI is InChI=1S/C20H33N3O/c1-13-16(19(2,3)4)15-12-22(17(24)14-8-9-14)10-11-23(15)18(21-13)20(5,6)7/h13-14H,8-12H2,1-7H3/t13-/m0/s1.